The minimum atomic E-state index is 0.128. The van der Waals surface area contributed by atoms with Gasteiger partial charge in [0.25, 0.3) is 0 Å². The van der Waals surface area contributed by atoms with E-state index in [1.807, 2.05) is 12.1 Å². The van der Waals surface area contributed by atoms with E-state index in [0.717, 1.165) is 12.0 Å². The summed E-state index contributed by atoms with van der Waals surface area (Å²) in [5.74, 6) is 0. The van der Waals surface area contributed by atoms with Crippen LogP contribution in [0.15, 0.2) is 18.2 Å². The van der Waals surface area contributed by atoms with Crippen molar-refractivity contribution in [1.29, 1.82) is 0 Å². The van der Waals surface area contributed by atoms with Crippen LogP contribution in [-0.4, -0.2) is 11.1 Å². The van der Waals surface area contributed by atoms with E-state index < -0.39 is 0 Å². The molecule has 2 N–H and O–H groups in total. The lowest BCUT2D eigenvalue weighted by Gasteiger charge is -2.24. The molecule has 0 aliphatic carbocycles. The molecule has 0 aromatic heterocycles. The molecule has 1 aliphatic heterocycles. The summed E-state index contributed by atoms with van der Waals surface area (Å²) in [5, 5.41) is 12.4. The first-order valence-corrected chi connectivity index (χ1v) is 4.79. The van der Waals surface area contributed by atoms with Gasteiger partial charge in [0.2, 0.25) is 0 Å². The maximum Gasteiger partial charge on any atom is 0.0682 e. The topological polar surface area (TPSA) is 32.3 Å². The van der Waals surface area contributed by atoms with Crippen LogP contribution in [0.3, 0.4) is 0 Å². The zero-order chi connectivity index (χ0) is 9.26. The Hall–Kier alpha value is -1.02. The van der Waals surface area contributed by atoms with E-state index in [-0.39, 0.29) is 6.61 Å². The Morgan fingerprint density at radius 2 is 2.38 bits per heavy atom. The van der Waals surface area contributed by atoms with Gasteiger partial charge in [0.05, 0.1) is 6.61 Å². The van der Waals surface area contributed by atoms with Gasteiger partial charge in [-0.25, -0.2) is 0 Å². The van der Waals surface area contributed by atoms with Crippen molar-refractivity contribution in [2.45, 2.75) is 32.4 Å². The Morgan fingerprint density at radius 1 is 1.54 bits per heavy atom. The van der Waals surface area contributed by atoms with Gasteiger partial charge >= 0.3 is 0 Å². The van der Waals surface area contributed by atoms with Crippen LogP contribution in [-0.2, 0) is 13.0 Å². The molecule has 1 unspecified atom stereocenters. The summed E-state index contributed by atoms with van der Waals surface area (Å²) in [4.78, 5) is 0. The molecule has 0 amide bonds. The van der Waals surface area contributed by atoms with Gasteiger partial charge < -0.3 is 10.4 Å². The maximum atomic E-state index is 8.98. The molecule has 2 rings (SSSR count). The maximum absolute atomic E-state index is 8.98. The fourth-order valence-electron chi connectivity index (χ4n) is 1.78. The molecule has 1 aromatic rings. The zero-order valence-electron chi connectivity index (χ0n) is 7.88. The average molecular weight is 177 g/mol. The number of fused-ring (bicyclic) bond motifs is 1. The van der Waals surface area contributed by atoms with Gasteiger partial charge in [0.1, 0.15) is 0 Å². The first-order chi connectivity index (χ1) is 6.29. The van der Waals surface area contributed by atoms with E-state index in [1.54, 1.807) is 0 Å². The minimum absolute atomic E-state index is 0.128. The molecule has 2 heteroatoms. The van der Waals surface area contributed by atoms with Crippen molar-refractivity contribution >= 4 is 5.69 Å². The second kappa shape index (κ2) is 3.38. The molecule has 0 fully saturated rings. The number of hydrogen-bond donors (Lipinski definition) is 2. The fourth-order valence-corrected chi connectivity index (χ4v) is 1.78. The number of nitrogens with one attached hydrogen (secondary N) is 1. The molecular weight excluding hydrogens is 162 g/mol. The summed E-state index contributed by atoms with van der Waals surface area (Å²) in [7, 11) is 0. The minimum Gasteiger partial charge on any atom is -0.392 e. The Labute approximate surface area is 78.6 Å². The number of benzene rings is 1. The van der Waals surface area contributed by atoms with Crippen LogP contribution in [0.5, 0.6) is 0 Å². The normalized spacial score (nSPS) is 20.6. The Balaban J connectivity index is 2.32. The number of aliphatic hydroxyl groups excluding tert-OH is 1. The third kappa shape index (κ3) is 1.68. The molecule has 70 valence electrons. The molecule has 1 atom stereocenters. The third-order valence-electron chi connectivity index (χ3n) is 2.61. The highest BCUT2D eigenvalue weighted by Gasteiger charge is 2.13. The number of rotatable bonds is 1. The summed E-state index contributed by atoms with van der Waals surface area (Å²) in [6.45, 7) is 2.32. The Bertz CT molecular complexity index is 309. The quantitative estimate of drug-likeness (QED) is 0.687. The highest BCUT2D eigenvalue weighted by molar-refractivity contribution is 5.55. The van der Waals surface area contributed by atoms with Gasteiger partial charge in [0.15, 0.2) is 0 Å². The highest BCUT2D eigenvalue weighted by Crippen LogP contribution is 2.25. The molecule has 0 spiro atoms. The van der Waals surface area contributed by atoms with Crippen LogP contribution >= 0.6 is 0 Å². The van der Waals surface area contributed by atoms with Crippen LogP contribution in [0.4, 0.5) is 5.69 Å². The lowest BCUT2D eigenvalue weighted by atomic mass is 9.97. The predicted molar refractivity (Wildman–Crippen MR) is 53.8 cm³/mol. The second-order valence-corrected chi connectivity index (χ2v) is 3.73. The smallest absolute Gasteiger partial charge is 0.0682 e. The van der Waals surface area contributed by atoms with E-state index in [0.29, 0.717) is 6.04 Å². The average Bonchev–Trinajstić information content (AvgIpc) is 2.16. The lowest BCUT2D eigenvalue weighted by molar-refractivity contribution is 0.282. The number of anilines is 1. The van der Waals surface area contributed by atoms with E-state index in [2.05, 4.69) is 18.3 Å². The van der Waals surface area contributed by atoms with Crippen LogP contribution in [0.25, 0.3) is 0 Å². The third-order valence-corrected chi connectivity index (χ3v) is 2.61. The largest absolute Gasteiger partial charge is 0.392 e. The van der Waals surface area contributed by atoms with Crippen molar-refractivity contribution < 1.29 is 5.11 Å². The molecule has 0 saturated carbocycles. The number of hydrogen-bond acceptors (Lipinski definition) is 2. The zero-order valence-corrected chi connectivity index (χ0v) is 7.88. The van der Waals surface area contributed by atoms with E-state index in [4.69, 9.17) is 5.11 Å². The summed E-state index contributed by atoms with van der Waals surface area (Å²) >= 11 is 0. The predicted octanol–water partition coefficient (Wildman–Crippen LogP) is 1.93. The van der Waals surface area contributed by atoms with Gasteiger partial charge in [-0.15, -0.1) is 0 Å². The molecule has 1 aliphatic rings. The van der Waals surface area contributed by atoms with E-state index >= 15 is 0 Å². The number of aryl methyl sites for hydroxylation is 1. The van der Waals surface area contributed by atoms with Gasteiger partial charge in [-0.2, -0.15) is 0 Å². The standard InChI is InChI=1S/C11H15NO/c1-8-2-4-10-5-3-9(7-13)6-11(10)12-8/h3,5-6,8,12-13H,2,4,7H2,1H3. The van der Waals surface area contributed by atoms with Gasteiger partial charge in [-0.1, -0.05) is 12.1 Å². The molecule has 0 radical (unpaired) electrons. The Kier molecular flexibility index (Phi) is 2.23. The lowest BCUT2D eigenvalue weighted by Crippen LogP contribution is -2.21. The van der Waals surface area contributed by atoms with Crippen LogP contribution in [0, 0.1) is 0 Å². The van der Waals surface area contributed by atoms with Crippen molar-refractivity contribution in [3.05, 3.63) is 29.3 Å². The molecule has 13 heavy (non-hydrogen) atoms. The van der Waals surface area contributed by atoms with Crippen molar-refractivity contribution in [3.8, 4) is 0 Å². The monoisotopic (exact) mass is 177 g/mol. The first-order valence-electron chi connectivity index (χ1n) is 4.79. The van der Waals surface area contributed by atoms with Gasteiger partial charge in [0, 0.05) is 11.7 Å². The van der Waals surface area contributed by atoms with Gasteiger partial charge in [-0.3, -0.25) is 0 Å². The highest BCUT2D eigenvalue weighted by atomic mass is 16.3. The molecule has 2 nitrogen and oxygen atoms in total. The van der Waals surface area contributed by atoms with Gasteiger partial charge in [-0.05, 0) is 37.0 Å². The van der Waals surface area contributed by atoms with Crippen molar-refractivity contribution in [2.24, 2.45) is 0 Å². The fraction of sp³-hybridized carbons (Fsp3) is 0.455. The molecular formula is C11H15NO. The van der Waals surface area contributed by atoms with E-state index in [9.17, 15) is 0 Å². The Morgan fingerprint density at radius 3 is 3.15 bits per heavy atom. The van der Waals surface area contributed by atoms with Crippen LogP contribution < -0.4 is 5.32 Å². The summed E-state index contributed by atoms with van der Waals surface area (Å²) in [6.07, 6.45) is 2.35. The van der Waals surface area contributed by atoms with Crippen molar-refractivity contribution in [2.75, 3.05) is 5.32 Å². The van der Waals surface area contributed by atoms with Crippen molar-refractivity contribution in [3.63, 3.8) is 0 Å². The SMILES string of the molecule is CC1CCc2ccc(CO)cc2N1. The second-order valence-electron chi connectivity index (χ2n) is 3.73. The van der Waals surface area contributed by atoms with Crippen molar-refractivity contribution in [1.82, 2.24) is 0 Å². The van der Waals surface area contributed by atoms with Crippen LogP contribution in [0.1, 0.15) is 24.5 Å². The molecule has 1 heterocycles. The molecule has 1 aromatic carbocycles. The molecule has 0 bridgehead atoms. The van der Waals surface area contributed by atoms with Crippen LogP contribution in [0.2, 0.25) is 0 Å². The summed E-state index contributed by atoms with van der Waals surface area (Å²) in [6, 6.07) is 6.71. The summed E-state index contributed by atoms with van der Waals surface area (Å²) < 4.78 is 0. The summed E-state index contributed by atoms with van der Waals surface area (Å²) in [5.41, 5.74) is 3.56. The first kappa shape index (κ1) is 8.57. The van der Waals surface area contributed by atoms with E-state index in [1.165, 1.54) is 17.7 Å². The number of aliphatic hydroxyl groups is 1. The molecule has 0 saturated heterocycles.